The average molecular weight is 508 g/mol. The summed E-state index contributed by atoms with van der Waals surface area (Å²) in [7, 11) is 0. The van der Waals surface area contributed by atoms with Gasteiger partial charge in [-0.05, 0) is 51.8 Å². The summed E-state index contributed by atoms with van der Waals surface area (Å²) in [6.45, 7) is 5.13. The highest BCUT2D eigenvalue weighted by molar-refractivity contribution is 5.90. The van der Waals surface area contributed by atoms with Gasteiger partial charge in [-0.2, -0.15) is 13.2 Å². The molecule has 3 heterocycles. The van der Waals surface area contributed by atoms with Crippen LogP contribution in [0, 0.1) is 0 Å². The number of alkyl halides is 4. The van der Waals surface area contributed by atoms with E-state index in [1.54, 1.807) is 36.6 Å². The fraction of sp³-hybridized carbons (Fsp3) is 0.440. The fourth-order valence-corrected chi connectivity index (χ4v) is 4.13. The number of hydrogen-bond donors (Lipinski definition) is 2. The second-order valence-electron chi connectivity index (χ2n) is 9.49. The Morgan fingerprint density at radius 3 is 2.58 bits per heavy atom. The van der Waals surface area contributed by atoms with Gasteiger partial charge < -0.3 is 20.3 Å². The Balaban J connectivity index is 1.61. The molecule has 0 spiro atoms. The number of halogens is 4. The summed E-state index contributed by atoms with van der Waals surface area (Å²) in [6, 6.07) is 7.87. The first-order chi connectivity index (χ1) is 16.9. The van der Waals surface area contributed by atoms with Crippen molar-refractivity contribution in [2.24, 2.45) is 0 Å². The highest BCUT2D eigenvalue weighted by Gasteiger charge is 2.30. The number of carbonyl (C=O) groups is 1. The van der Waals surface area contributed by atoms with E-state index >= 15 is 0 Å². The zero-order valence-corrected chi connectivity index (χ0v) is 20.3. The number of carbonyl (C=O) groups excluding carboxylic acids is 1. The van der Waals surface area contributed by atoms with Crippen molar-refractivity contribution < 1.29 is 27.1 Å². The molecule has 1 aliphatic heterocycles. The fourth-order valence-electron chi connectivity index (χ4n) is 4.13. The maximum atomic E-state index is 14.2. The van der Waals surface area contributed by atoms with Crippen LogP contribution in [0.25, 0.3) is 16.9 Å². The van der Waals surface area contributed by atoms with E-state index in [1.807, 2.05) is 36.6 Å². The molecule has 1 saturated heterocycles. The number of nitrogens with zero attached hydrogens (tertiary/aromatic N) is 3. The van der Waals surface area contributed by atoms with Crippen LogP contribution >= 0.6 is 0 Å². The number of hydrogen-bond acceptors (Lipinski definition) is 4. The Kier molecular flexibility index (Phi) is 7.01. The Hall–Kier alpha value is -3.50. The molecule has 0 saturated carbocycles. The molecule has 4 rings (SSSR count). The lowest BCUT2D eigenvalue weighted by molar-refractivity contribution is -0.122. The molecule has 7 nitrogen and oxygen atoms in total. The van der Waals surface area contributed by atoms with Gasteiger partial charge in [0.05, 0.1) is 18.0 Å². The van der Waals surface area contributed by atoms with Gasteiger partial charge in [0, 0.05) is 48.4 Å². The molecule has 0 unspecified atom stereocenters. The average Bonchev–Trinajstić information content (AvgIpc) is 3.20. The second kappa shape index (κ2) is 9.87. The smallest absolute Gasteiger partial charge is 0.405 e. The number of urea groups is 1. The van der Waals surface area contributed by atoms with E-state index in [1.165, 1.54) is 0 Å². The van der Waals surface area contributed by atoms with Gasteiger partial charge in [-0.3, -0.25) is 4.40 Å². The van der Waals surface area contributed by atoms with Crippen molar-refractivity contribution in [3.63, 3.8) is 0 Å². The number of fused-ring (bicyclic) bond motifs is 1. The van der Waals surface area contributed by atoms with Crippen molar-refractivity contribution in [1.82, 2.24) is 14.7 Å². The molecule has 2 aromatic heterocycles. The van der Waals surface area contributed by atoms with Crippen LogP contribution in [0.4, 0.5) is 33.7 Å². The number of ether oxygens (including phenoxy) is 1. The van der Waals surface area contributed by atoms with Gasteiger partial charge in [0.2, 0.25) is 0 Å². The highest BCUT2D eigenvalue weighted by Crippen LogP contribution is 2.32. The van der Waals surface area contributed by atoms with Crippen LogP contribution < -0.4 is 20.3 Å². The SMILES string of the molecule is CC(C)Oc1cc(NC(=O)NCC(F)(F)F)cc(-c2cnc3cc(N4CCC(C)(F)CC4)ccn23)c1. The van der Waals surface area contributed by atoms with Crippen LogP contribution in [0.2, 0.25) is 0 Å². The third-order valence-corrected chi connectivity index (χ3v) is 5.95. The minimum atomic E-state index is -4.51. The van der Waals surface area contributed by atoms with Gasteiger partial charge >= 0.3 is 12.2 Å². The molecule has 0 atom stereocenters. The number of benzene rings is 1. The molecule has 0 aliphatic carbocycles. The predicted octanol–water partition coefficient (Wildman–Crippen LogP) is 5.80. The van der Waals surface area contributed by atoms with Gasteiger partial charge in [-0.1, -0.05) is 0 Å². The van der Waals surface area contributed by atoms with E-state index in [9.17, 15) is 22.4 Å². The van der Waals surface area contributed by atoms with E-state index < -0.39 is 24.4 Å². The standard InChI is InChI=1S/C25H29F4N5O2/c1-16(2)36-20-11-17(10-18(12-20)32-23(35)31-15-25(27,28)29)21-14-30-22-13-19(4-7-34(21)22)33-8-5-24(3,26)6-9-33/h4,7,10-14,16H,5-6,8-9,15H2,1-3H3,(H2,31,32,35). The highest BCUT2D eigenvalue weighted by atomic mass is 19.4. The number of anilines is 2. The molecule has 2 amide bonds. The first kappa shape index (κ1) is 25.6. The minimum absolute atomic E-state index is 0.160. The molecule has 1 aliphatic rings. The van der Waals surface area contributed by atoms with E-state index in [4.69, 9.17) is 4.74 Å². The van der Waals surface area contributed by atoms with Gasteiger partial charge in [0.1, 0.15) is 23.6 Å². The number of piperidine rings is 1. The molecule has 1 aromatic carbocycles. The minimum Gasteiger partial charge on any atom is -0.491 e. The molecule has 0 bridgehead atoms. The number of pyridine rings is 1. The van der Waals surface area contributed by atoms with Crippen molar-refractivity contribution in [1.29, 1.82) is 0 Å². The van der Waals surface area contributed by atoms with Crippen molar-refractivity contribution in [3.05, 3.63) is 42.7 Å². The van der Waals surface area contributed by atoms with Crippen LogP contribution in [0.3, 0.4) is 0 Å². The first-order valence-corrected chi connectivity index (χ1v) is 11.7. The molecule has 0 radical (unpaired) electrons. The predicted molar refractivity (Wildman–Crippen MR) is 130 cm³/mol. The Morgan fingerprint density at radius 2 is 1.92 bits per heavy atom. The molecule has 11 heteroatoms. The van der Waals surface area contributed by atoms with Gasteiger partial charge in [-0.25, -0.2) is 14.2 Å². The number of nitrogens with one attached hydrogen (secondary N) is 2. The zero-order valence-electron chi connectivity index (χ0n) is 20.3. The summed E-state index contributed by atoms with van der Waals surface area (Å²) >= 11 is 0. The molecular formula is C25H29F4N5O2. The monoisotopic (exact) mass is 507 g/mol. The summed E-state index contributed by atoms with van der Waals surface area (Å²) in [5.41, 5.74) is 2.14. The molecular weight excluding hydrogens is 478 g/mol. The van der Waals surface area contributed by atoms with Crippen molar-refractivity contribution in [3.8, 4) is 17.0 Å². The van der Waals surface area contributed by atoms with Gasteiger partial charge in [0.25, 0.3) is 0 Å². The van der Waals surface area contributed by atoms with Crippen LogP contribution in [0.1, 0.15) is 33.6 Å². The number of amides is 2. The normalized spacial score (nSPS) is 15.8. The van der Waals surface area contributed by atoms with Gasteiger partial charge in [0.15, 0.2) is 0 Å². The Bertz CT molecular complexity index is 1230. The third kappa shape index (κ3) is 6.38. The largest absolute Gasteiger partial charge is 0.491 e. The zero-order chi connectivity index (χ0) is 26.1. The first-order valence-electron chi connectivity index (χ1n) is 11.7. The molecule has 194 valence electrons. The lowest BCUT2D eigenvalue weighted by Crippen LogP contribution is -2.40. The summed E-state index contributed by atoms with van der Waals surface area (Å²) in [6.07, 6.45) is -0.196. The van der Waals surface area contributed by atoms with Crippen LogP contribution in [0.5, 0.6) is 5.75 Å². The van der Waals surface area contributed by atoms with E-state index in [-0.39, 0.29) is 11.8 Å². The lowest BCUT2D eigenvalue weighted by atomic mass is 9.95. The number of imidazole rings is 1. The quantitative estimate of drug-likeness (QED) is 0.414. The van der Waals surface area contributed by atoms with Gasteiger partial charge in [-0.15, -0.1) is 0 Å². The molecule has 3 aromatic rings. The molecule has 2 N–H and O–H groups in total. The Labute approximate surface area is 206 Å². The maximum Gasteiger partial charge on any atom is 0.405 e. The van der Waals surface area contributed by atoms with E-state index in [2.05, 4.69) is 15.2 Å². The lowest BCUT2D eigenvalue weighted by Gasteiger charge is -2.35. The van der Waals surface area contributed by atoms with Crippen molar-refractivity contribution in [2.45, 2.75) is 51.6 Å². The van der Waals surface area contributed by atoms with Crippen LogP contribution in [-0.2, 0) is 0 Å². The Morgan fingerprint density at radius 1 is 1.19 bits per heavy atom. The number of aromatic nitrogens is 2. The second-order valence-corrected chi connectivity index (χ2v) is 9.49. The van der Waals surface area contributed by atoms with E-state index in [0.29, 0.717) is 48.6 Å². The van der Waals surface area contributed by atoms with Crippen molar-refractivity contribution >= 4 is 23.1 Å². The maximum absolute atomic E-state index is 14.2. The number of rotatable bonds is 6. The third-order valence-electron chi connectivity index (χ3n) is 5.95. The topological polar surface area (TPSA) is 70.9 Å². The summed E-state index contributed by atoms with van der Waals surface area (Å²) < 4.78 is 59.2. The summed E-state index contributed by atoms with van der Waals surface area (Å²) in [5.74, 6) is 0.447. The summed E-state index contributed by atoms with van der Waals surface area (Å²) in [5, 5.41) is 4.24. The van der Waals surface area contributed by atoms with Crippen molar-refractivity contribution in [2.75, 3.05) is 29.9 Å². The molecule has 36 heavy (non-hydrogen) atoms. The van der Waals surface area contributed by atoms with E-state index in [0.717, 1.165) is 5.69 Å². The van der Waals surface area contributed by atoms with Crippen LogP contribution in [-0.4, -0.2) is 53.0 Å². The van der Waals surface area contributed by atoms with Crippen LogP contribution in [0.15, 0.2) is 42.7 Å². The summed E-state index contributed by atoms with van der Waals surface area (Å²) in [4.78, 5) is 18.7. The molecule has 1 fully saturated rings.